The van der Waals surface area contributed by atoms with Crippen LogP contribution in [0.1, 0.15) is 56.1 Å². The number of benzene rings is 1. The third-order valence-electron chi connectivity index (χ3n) is 4.49. The van der Waals surface area contributed by atoms with Crippen LogP contribution in [0.3, 0.4) is 0 Å². The average Bonchev–Trinajstić information content (AvgIpc) is 2.56. The molecular formula is C20H24FN. The molecule has 0 amide bonds. The number of rotatable bonds is 5. The molecule has 0 spiro atoms. The lowest BCUT2D eigenvalue weighted by Crippen LogP contribution is -2.11. The molecule has 0 bridgehead atoms. The molecule has 22 heavy (non-hydrogen) atoms. The van der Waals surface area contributed by atoms with Crippen LogP contribution in [-0.2, 0) is 6.42 Å². The highest BCUT2D eigenvalue weighted by Gasteiger charge is 2.20. The quantitative estimate of drug-likeness (QED) is 0.494. The van der Waals surface area contributed by atoms with E-state index in [4.69, 9.17) is 5.26 Å². The van der Waals surface area contributed by atoms with Crippen molar-refractivity contribution < 1.29 is 4.39 Å². The summed E-state index contributed by atoms with van der Waals surface area (Å²) < 4.78 is 12.7. The molecule has 2 heteroatoms. The summed E-state index contributed by atoms with van der Waals surface area (Å²) in [7, 11) is 0. The van der Waals surface area contributed by atoms with Crippen molar-refractivity contribution in [2.75, 3.05) is 0 Å². The van der Waals surface area contributed by atoms with Gasteiger partial charge in [-0.25, -0.2) is 0 Å². The summed E-state index contributed by atoms with van der Waals surface area (Å²) in [4.78, 5) is 0. The van der Waals surface area contributed by atoms with Crippen molar-refractivity contribution in [3.8, 4) is 6.07 Å². The van der Waals surface area contributed by atoms with Crippen LogP contribution in [0.25, 0.3) is 0 Å². The summed E-state index contributed by atoms with van der Waals surface area (Å²) in [6, 6.07) is 10.6. The van der Waals surface area contributed by atoms with Gasteiger partial charge in [0, 0.05) is 0 Å². The van der Waals surface area contributed by atoms with Gasteiger partial charge in [-0.2, -0.15) is 9.65 Å². The molecule has 0 aromatic heterocycles. The van der Waals surface area contributed by atoms with E-state index in [0.29, 0.717) is 11.8 Å². The van der Waals surface area contributed by atoms with Gasteiger partial charge in [-0.3, -0.25) is 0 Å². The van der Waals surface area contributed by atoms with Gasteiger partial charge in [0.1, 0.15) is 6.07 Å². The first-order valence-corrected chi connectivity index (χ1v) is 8.25. The van der Waals surface area contributed by atoms with Crippen molar-refractivity contribution in [3.05, 3.63) is 59.4 Å². The fourth-order valence-electron chi connectivity index (χ4n) is 3.22. The molecule has 1 nitrogen and oxygen atoms in total. The normalized spacial score (nSPS) is 22.7. The van der Waals surface area contributed by atoms with E-state index in [0.717, 1.165) is 19.3 Å². The zero-order chi connectivity index (χ0) is 15.8. The highest BCUT2D eigenvalue weighted by molar-refractivity contribution is 5.26. The van der Waals surface area contributed by atoms with Gasteiger partial charge in [0.25, 0.3) is 0 Å². The number of hydrogen-bond acceptors (Lipinski definition) is 1. The highest BCUT2D eigenvalue weighted by atomic mass is 19.1. The fourth-order valence-corrected chi connectivity index (χ4v) is 3.22. The minimum absolute atomic E-state index is 0.512. The minimum atomic E-state index is -0.725. The van der Waals surface area contributed by atoms with E-state index in [1.54, 1.807) is 6.08 Å². The van der Waals surface area contributed by atoms with Gasteiger partial charge >= 0.3 is 0 Å². The lowest BCUT2D eigenvalue weighted by atomic mass is 9.78. The molecule has 0 unspecified atom stereocenters. The minimum Gasteiger partial charge on any atom is -0.195 e. The summed E-state index contributed by atoms with van der Waals surface area (Å²) in [6.07, 6.45) is 12.0. The molecule has 1 aromatic rings. The predicted octanol–water partition coefficient (Wildman–Crippen LogP) is 5.85. The second-order valence-corrected chi connectivity index (χ2v) is 6.11. The predicted molar refractivity (Wildman–Crippen MR) is 89.1 cm³/mol. The van der Waals surface area contributed by atoms with Crippen molar-refractivity contribution in [1.29, 1.82) is 5.26 Å². The van der Waals surface area contributed by atoms with Crippen molar-refractivity contribution in [1.82, 2.24) is 0 Å². The van der Waals surface area contributed by atoms with Crippen molar-refractivity contribution >= 4 is 0 Å². The first kappa shape index (κ1) is 16.5. The number of nitrogens with zero attached hydrogens (tertiary/aromatic N) is 1. The summed E-state index contributed by atoms with van der Waals surface area (Å²) in [5.41, 5.74) is 2.88. The molecule has 0 aliphatic heterocycles. The van der Waals surface area contributed by atoms with E-state index < -0.39 is 5.83 Å². The van der Waals surface area contributed by atoms with E-state index in [-0.39, 0.29) is 0 Å². The van der Waals surface area contributed by atoms with Crippen molar-refractivity contribution in [2.24, 2.45) is 5.92 Å². The molecule has 0 radical (unpaired) electrons. The average molecular weight is 297 g/mol. The molecule has 0 saturated heterocycles. The molecule has 0 N–H and O–H groups in total. The topological polar surface area (TPSA) is 23.8 Å². The number of aryl methyl sites for hydroxylation is 1. The van der Waals surface area contributed by atoms with Gasteiger partial charge in [-0.1, -0.05) is 49.8 Å². The molecule has 1 fully saturated rings. The molecule has 0 heterocycles. The Labute approximate surface area is 133 Å². The lowest BCUT2D eigenvalue weighted by molar-refractivity contribution is 0.376. The number of hydrogen-bond donors (Lipinski definition) is 0. The Morgan fingerprint density at radius 2 is 1.91 bits per heavy atom. The Morgan fingerprint density at radius 1 is 1.23 bits per heavy atom. The maximum atomic E-state index is 12.7. The van der Waals surface area contributed by atoms with Gasteiger partial charge in [0.05, 0.1) is 0 Å². The van der Waals surface area contributed by atoms with Crippen LogP contribution in [0.2, 0.25) is 0 Å². The zero-order valence-electron chi connectivity index (χ0n) is 13.3. The summed E-state index contributed by atoms with van der Waals surface area (Å²) >= 11 is 0. The summed E-state index contributed by atoms with van der Waals surface area (Å²) in [5.74, 6) is 0.446. The first-order chi connectivity index (χ1) is 10.7. The van der Waals surface area contributed by atoms with Gasteiger partial charge in [-0.05, 0) is 61.1 Å². The molecule has 1 aromatic carbocycles. The molecule has 1 aliphatic rings. The Morgan fingerprint density at radius 3 is 2.50 bits per heavy atom. The van der Waals surface area contributed by atoms with E-state index in [1.807, 2.05) is 6.08 Å². The number of allylic oxidation sites excluding steroid dienone is 4. The second kappa shape index (κ2) is 8.54. The van der Waals surface area contributed by atoms with Gasteiger partial charge in [0.15, 0.2) is 5.83 Å². The maximum absolute atomic E-state index is 12.7. The third kappa shape index (κ3) is 4.84. The van der Waals surface area contributed by atoms with Crippen LogP contribution in [-0.4, -0.2) is 0 Å². The lowest BCUT2D eigenvalue weighted by Gasteiger charge is -2.27. The number of nitriles is 1. The standard InChI is InChI=1S/C20H24FN/c1-2-4-16-7-11-18(12-8-16)19-13-9-17(10-14-19)5-3-6-20(21)15-22/h3,5-8,11-12,17,19H,2,4,9-10,13-14H2,1H3. The van der Waals surface area contributed by atoms with Crippen LogP contribution in [0.4, 0.5) is 4.39 Å². The van der Waals surface area contributed by atoms with Crippen molar-refractivity contribution in [3.63, 3.8) is 0 Å². The Kier molecular flexibility index (Phi) is 6.40. The van der Waals surface area contributed by atoms with Crippen LogP contribution >= 0.6 is 0 Å². The van der Waals surface area contributed by atoms with E-state index in [1.165, 1.54) is 42.5 Å². The SMILES string of the molecule is CCCc1ccc(C2CCC(C=CC=C(F)C#N)CC2)cc1. The molecule has 2 rings (SSSR count). The molecular weight excluding hydrogens is 273 g/mol. The van der Waals surface area contributed by atoms with Crippen LogP contribution in [0.15, 0.2) is 48.3 Å². The van der Waals surface area contributed by atoms with E-state index >= 15 is 0 Å². The summed E-state index contributed by atoms with van der Waals surface area (Å²) in [6.45, 7) is 2.21. The summed E-state index contributed by atoms with van der Waals surface area (Å²) in [5, 5.41) is 8.36. The van der Waals surface area contributed by atoms with Crippen LogP contribution in [0.5, 0.6) is 0 Å². The van der Waals surface area contributed by atoms with Crippen LogP contribution < -0.4 is 0 Å². The van der Waals surface area contributed by atoms with E-state index in [9.17, 15) is 4.39 Å². The largest absolute Gasteiger partial charge is 0.199 e. The highest BCUT2D eigenvalue weighted by Crippen LogP contribution is 2.36. The zero-order valence-corrected chi connectivity index (χ0v) is 13.3. The van der Waals surface area contributed by atoms with Gasteiger partial charge in [0.2, 0.25) is 0 Å². The van der Waals surface area contributed by atoms with Crippen molar-refractivity contribution in [2.45, 2.75) is 51.4 Å². The number of halogens is 1. The third-order valence-corrected chi connectivity index (χ3v) is 4.49. The van der Waals surface area contributed by atoms with Gasteiger partial charge < -0.3 is 0 Å². The van der Waals surface area contributed by atoms with E-state index in [2.05, 4.69) is 31.2 Å². The Balaban J connectivity index is 1.85. The second-order valence-electron chi connectivity index (χ2n) is 6.11. The first-order valence-electron chi connectivity index (χ1n) is 8.25. The molecule has 0 atom stereocenters. The van der Waals surface area contributed by atoms with Gasteiger partial charge in [-0.15, -0.1) is 0 Å². The molecule has 1 saturated carbocycles. The monoisotopic (exact) mass is 297 g/mol. The Hall–Kier alpha value is -1.88. The fraction of sp³-hybridized carbons (Fsp3) is 0.450. The molecule has 116 valence electrons. The Bertz CT molecular complexity index is 554. The smallest absolute Gasteiger partial charge is 0.195 e. The van der Waals surface area contributed by atoms with Crippen LogP contribution in [0, 0.1) is 17.2 Å². The maximum Gasteiger partial charge on any atom is 0.199 e. The molecule has 1 aliphatic carbocycles.